The number of rotatable bonds is 9. The van der Waals surface area contributed by atoms with Gasteiger partial charge in [0.1, 0.15) is 11.8 Å². The van der Waals surface area contributed by atoms with Crippen LogP contribution in [0.3, 0.4) is 0 Å². The van der Waals surface area contributed by atoms with E-state index in [1.807, 2.05) is 30.3 Å². The number of hydrogen-bond acceptors (Lipinski definition) is 4. The van der Waals surface area contributed by atoms with Crippen molar-refractivity contribution >= 4 is 46.8 Å². The van der Waals surface area contributed by atoms with Crippen LogP contribution < -0.4 is 10.1 Å². The van der Waals surface area contributed by atoms with Gasteiger partial charge >= 0.3 is 0 Å². The Balaban J connectivity index is 2.08. The van der Waals surface area contributed by atoms with Gasteiger partial charge in [-0.3, -0.25) is 9.59 Å². The molecule has 8 heteroatoms. The zero-order valence-corrected chi connectivity index (χ0v) is 18.9. The van der Waals surface area contributed by atoms with Crippen LogP contribution in [-0.2, 0) is 21.9 Å². The van der Waals surface area contributed by atoms with Crippen molar-refractivity contribution < 1.29 is 14.3 Å². The van der Waals surface area contributed by atoms with E-state index in [2.05, 4.69) is 5.32 Å². The highest BCUT2D eigenvalue weighted by molar-refractivity contribution is 7.99. The Hall–Kier alpha value is -1.89. The summed E-state index contributed by atoms with van der Waals surface area (Å²) in [5.74, 6) is 1.16. The minimum atomic E-state index is -0.599. The molecule has 0 saturated carbocycles. The SMILES string of the molecule is CNC(=O)C(C)N(Cc1cccc(OC)c1)C(=O)CSCc1ccc(Cl)cc1Cl. The maximum Gasteiger partial charge on any atom is 0.242 e. The second-order valence-corrected chi connectivity index (χ2v) is 8.22. The fourth-order valence-corrected chi connectivity index (χ4v) is 4.20. The van der Waals surface area contributed by atoms with Crippen molar-refractivity contribution in [3.05, 3.63) is 63.6 Å². The van der Waals surface area contributed by atoms with E-state index < -0.39 is 6.04 Å². The lowest BCUT2D eigenvalue weighted by atomic mass is 10.1. The van der Waals surface area contributed by atoms with Gasteiger partial charge in [-0.1, -0.05) is 41.4 Å². The Morgan fingerprint density at radius 1 is 1.21 bits per heavy atom. The van der Waals surface area contributed by atoms with Gasteiger partial charge in [0.15, 0.2) is 0 Å². The highest BCUT2D eigenvalue weighted by atomic mass is 35.5. The number of likely N-dealkylation sites (N-methyl/N-ethyl adjacent to an activating group) is 1. The van der Waals surface area contributed by atoms with E-state index >= 15 is 0 Å². The zero-order chi connectivity index (χ0) is 21.4. The molecule has 2 amide bonds. The smallest absolute Gasteiger partial charge is 0.242 e. The number of carbonyl (C=O) groups excluding carboxylic acids is 2. The number of ether oxygens (including phenoxy) is 1. The van der Waals surface area contributed by atoms with Crippen LogP contribution in [0.1, 0.15) is 18.1 Å². The number of thioether (sulfide) groups is 1. The van der Waals surface area contributed by atoms with Crippen molar-refractivity contribution in [2.24, 2.45) is 0 Å². The zero-order valence-electron chi connectivity index (χ0n) is 16.6. The molecule has 156 valence electrons. The summed E-state index contributed by atoms with van der Waals surface area (Å²) in [6, 6.07) is 12.2. The van der Waals surface area contributed by atoms with Crippen LogP contribution in [0.15, 0.2) is 42.5 Å². The van der Waals surface area contributed by atoms with E-state index in [1.54, 1.807) is 38.1 Å². The third-order valence-electron chi connectivity index (χ3n) is 4.40. The molecule has 0 aromatic heterocycles. The van der Waals surface area contributed by atoms with Gasteiger partial charge in [-0.15, -0.1) is 11.8 Å². The first-order chi connectivity index (χ1) is 13.8. The van der Waals surface area contributed by atoms with Crippen LogP contribution in [0.4, 0.5) is 0 Å². The van der Waals surface area contributed by atoms with Crippen LogP contribution in [0.2, 0.25) is 10.0 Å². The minimum Gasteiger partial charge on any atom is -0.497 e. The molecule has 1 unspecified atom stereocenters. The van der Waals surface area contributed by atoms with Crippen LogP contribution in [0.25, 0.3) is 0 Å². The molecule has 1 N–H and O–H groups in total. The van der Waals surface area contributed by atoms with E-state index in [1.165, 1.54) is 11.8 Å². The highest BCUT2D eigenvalue weighted by Crippen LogP contribution is 2.25. The monoisotopic (exact) mass is 454 g/mol. The molecule has 0 heterocycles. The molecular formula is C21H24Cl2N2O3S. The lowest BCUT2D eigenvalue weighted by Crippen LogP contribution is -2.47. The number of carbonyl (C=O) groups is 2. The van der Waals surface area contributed by atoms with Crippen LogP contribution in [0.5, 0.6) is 5.75 Å². The standard InChI is InChI=1S/C21H24Cl2N2O3S/c1-14(21(27)24-2)25(11-15-5-4-6-18(9-15)28-3)20(26)13-29-12-16-7-8-17(22)10-19(16)23/h4-10,14H,11-13H2,1-3H3,(H,24,27). The Morgan fingerprint density at radius 2 is 1.97 bits per heavy atom. The molecular weight excluding hydrogens is 431 g/mol. The maximum atomic E-state index is 12.9. The summed E-state index contributed by atoms with van der Waals surface area (Å²) in [5, 5.41) is 3.76. The maximum absolute atomic E-state index is 12.9. The largest absolute Gasteiger partial charge is 0.497 e. The molecule has 0 saturated heterocycles. The number of methoxy groups -OCH3 is 1. The summed E-state index contributed by atoms with van der Waals surface area (Å²) in [5.41, 5.74) is 1.80. The van der Waals surface area contributed by atoms with Gasteiger partial charge in [0.2, 0.25) is 11.8 Å². The van der Waals surface area contributed by atoms with Gasteiger partial charge in [-0.05, 0) is 42.3 Å². The predicted octanol–water partition coefficient (Wildman–Crippen LogP) is 4.40. The number of nitrogens with zero attached hydrogens (tertiary/aromatic N) is 1. The molecule has 0 radical (unpaired) electrons. The van der Waals surface area contributed by atoms with E-state index in [0.717, 1.165) is 11.1 Å². The normalized spacial score (nSPS) is 11.6. The minimum absolute atomic E-state index is 0.126. The first-order valence-corrected chi connectivity index (χ1v) is 10.9. The molecule has 2 rings (SSSR count). The number of nitrogens with one attached hydrogen (secondary N) is 1. The Labute approximate surface area is 185 Å². The van der Waals surface area contributed by atoms with Crippen molar-refractivity contribution in [2.75, 3.05) is 19.9 Å². The van der Waals surface area contributed by atoms with Gasteiger partial charge < -0.3 is 15.0 Å². The van der Waals surface area contributed by atoms with Crippen molar-refractivity contribution in [1.29, 1.82) is 0 Å². The summed E-state index contributed by atoms with van der Waals surface area (Å²) < 4.78 is 5.25. The average molecular weight is 455 g/mol. The molecule has 2 aromatic carbocycles. The molecule has 0 spiro atoms. The first-order valence-electron chi connectivity index (χ1n) is 9.01. The molecule has 2 aromatic rings. The van der Waals surface area contributed by atoms with Gasteiger partial charge in [-0.25, -0.2) is 0 Å². The lowest BCUT2D eigenvalue weighted by molar-refractivity contribution is -0.138. The Morgan fingerprint density at radius 3 is 2.62 bits per heavy atom. The predicted molar refractivity (Wildman–Crippen MR) is 120 cm³/mol. The third kappa shape index (κ3) is 6.84. The quantitative estimate of drug-likeness (QED) is 0.609. The van der Waals surface area contributed by atoms with Gasteiger partial charge in [-0.2, -0.15) is 0 Å². The number of benzene rings is 2. The van der Waals surface area contributed by atoms with Crippen LogP contribution >= 0.6 is 35.0 Å². The van der Waals surface area contributed by atoms with Crippen molar-refractivity contribution in [3.63, 3.8) is 0 Å². The number of amides is 2. The summed E-state index contributed by atoms with van der Waals surface area (Å²) in [4.78, 5) is 26.7. The third-order valence-corrected chi connectivity index (χ3v) is 5.95. The number of halogens is 2. The summed E-state index contributed by atoms with van der Waals surface area (Å²) in [7, 11) is 3.15. The van der Waals surface area contributed by atoms with Crippen molar-refractivity contribution in [2.45, 2.75) is 25.3 Å². The molecule has 0 aliphatic rings. The molecule has 0 fully saturated rings. The fraction of sp³-hybridized carbons (Fsp3) is 0.333. The van der Waals surface area contributed by atoms with Gasteiger partial charge in [0.05, 0.1) is 12.9 Å². The Bertz CT molecular complexity index is 864. The first kappa shape index (κ1) is 23.4. The van der Waals surface area contributed by atoms with E-state index in [-0.39, 0.29) is 17.6 Å². The van der Waals surface area contributed by atoms with Crippen molar-refractivity contribution in [3.8, 4) is 5.75 Å². The van der Waals surface area contributed by atoms with E-state index in [4.69, 9.17) is 27.9 Å². The average Bonchev–Trinajstić information content (AvgIpc) is 2.72. The summed E-state index contributed by atoms with van der Waals surface area (Å²) >= 11 is 13.6. The fourth-order valence-electron chi connectivity index (χ4n) is 2.73. The topological polar surface area (TPSA) is 58.6 Å². The Kier molecular flexibility index (Phi) is 9.14. The second kappa shape index (κ2) is 11.3. The highest BCUT2D eigenvalue weighted by Gasteiger charge is 2.25. The number of hydrogen-bond donors (Lipinski definition) is 1. The van der Waals surface area contributed by atoms with E-state index in [9.17, 15) is 9.59 Å². The molecule has 5 nitrogen and oxygen atoms in total. The molecule has 1 atom stereocenters. The van der Waals surface area contributed by atoms with Crippen LogP contribution in [0, 0.1) is 0 Å². The molecule has 29 heavy (non-hydrogen) atoms. The second-order valence-electron chi connectivity index (χ2n) is 6.39. The van der Waals surface area contributed by atoms with E-state index in [0.29, 0.717) is 28.1 Å². The summed E-state index contributed by atoms with van der Waals surface area (Å²) in [6.45, 7) is 2.03. The lowest BCUT2D eigenvalue weighted by Gasteiger charge is -2.28. The summed E-state index contributed by atoms with van der Waals surface area (Å²) in [6.07, 6.45) is 0. The van der Waals surface area contributed by atoms with Crippen LogP contribution in [-0.4, -0.2) is 42.7 Å². The van der Waals surface area contributed by atoms with Crippen molar-refractivity contribution in [1.82, 2.24) is 10.2 Å². The molecule has 0 aliphatic heterocycles. The van der Waals surface area contributed by atoms with Gasteiger partial charge in [0, 0.05) is 29.4 Å². The van der Waals surface area contributed by atoms with Gasteiger partial charge in [0.25, 0.3) is 0 Å². The molecule has 0 aliphatic carbocycles. The molecule has 0 bridgehead atoms.